The van der Waals surface area contributed by atoms with Crippen LogP contribution >= 0.6 is 0 Å². The van der Waals surface area contributed by atoms with E-state index in [0.29, 0.717) is 17.2 Å². The molecule has 0 amide bonds. The molecule has 1 aromatic heterocycles. The van der Waals surface area contributed by atoms with Crippen molar-refractivity contribution >= 4 is 17.6 Å². The van der Waals surface area contributed by atoms with Crippen LogP contribution in [0.15, 0.2) is 0 Å². The summed E-state index contributed by atoms with van der Waals surface area (Å²) in [5.74, 6) is 0.548. The molecule has 0 spiro atoms. The molecule has 1 unspecified atom stereocenters. The lowest BCUT2D eigenvalue weighted by Gasteiger charge is -2.18. The van der Waals surface area contributed by atoms with E-state index in [9.17, 15) is 4.79 Å². The molecule has 1 heterocycles. The molecule has 0 aliphatic heterocycles. The summed E-state index contributed by atoms with van der Waals surface area (Å²) in [4.78, 5) is 13.9. The molecular formula is C13H24N4O2. The molecule has 0 saturated heterocycles. The van der Waals surface area contributed by atoms with Crippen LogP contribution in [0, 0.1) is 0 Å². The zero-order chi connectivity index (χ0) is 14.6. The fraction of sp³-hybridized carbons (Fsp3) is 0.692. The Morgan fingerprint density at radius 1 is 1.42 bits per heavy atom. The highest BCUT2D eigenvalue weighted by atomic mass is 16.5. The van der Waals surface area contributed by atoms with Gasteiger partial charge in [0.25, 0.3) is 0 Å². The normalized spacial score (nSPS) is 12.3. The first-order valence-corrected chi connectivity index (χ1v) is 6.72. The average Bonchev–Trinajstić information content (AvgIpc) is 2.76. The number of nitrogens with two attached hydrogens (primary N) is 1. The van der Waals surface area contributed by atoms with Crippen molar-refractivity contribution in [3.8, 4) is 0 Å². The molecule has 1 rings (SSSR count). The predicted molar refractivity (Wildman–Crippen MR) is 76.5 cm³/mol. The lowest BCUT2D eigenvalue weighted by Crippen LogP contribution is -2.24. The van der Waals surface area contributed by atoms with Crippen molar-refractivity contribution < 1.29 is 9.53 Å². The second-order valence-corrected chi connectivity index (χ2v) is 4.45. The number of carbonyl (C=O) groups is 1. The maximum absolute atomic E-state index is 11.9. The summed E-state index contributed by atoms with van der Waals surface area (Å²) in [6.07, 6.45) is 0.893. The fourth-order valence-electron chi connectivity index (χ4n) is 1.99. The highest BCUT2D eigenvalue weighted by molar-refractivity contribution is 5.99. The molecule has 19 heavy (non-hydrogen) atoms. The number of rotatable bonds is 6. The lowest BCUT2D eigenvalue weighted by atomic mass is 10.2. The van der Waals surface area contributed by atoms with Gasteiger partial charge in [0.1, 0.15) is 11.4 Å². The third-order valence-corrected chi connectivity index (χ3v) is 3.39. The van der Waals surface area contributed by atoms with Gasteiger partial charge in [-0.1, -0.05) is 6.92 Å². The summed E-state index contributed by atoms with van der Waals surface area (Å²) < 4.78 is 6.53. The standard InChI is InChI=1S/C13H24N4O2/c1-6-9(4)17-11(14)10(13(18)19-5)12(15-17)16(7-2)8-3/h9H,6-8,14H2,1-5H3. The van der Waals surface area contributed by atoms with Gasteiger partial charge in [-0.3, -0.25) is 0 Å². The number of nitrogens with zero attached hydrogens (tertiary/aromatic N) is 3. The van der Waals surface area contributed by atoms with Gasteiger partial charge in [-0.2, -0.15) is 5.10 Å². The Balaban J connectivity index is 3.39. The smallest absolute Gasteiger partial charge is 0.345 e. The largest absolute Gasteiger partial charge is 0.465 e. The van der Waals surface area contributed by atoms with Crippen molar-refractivity contribution in [3.63, 3.8) is 0 Å². The van der Waals surface area contributed by atoms with Gasteiger partial charge in [-0.25, -0.2) is 9.48 Å². The number of hydrogen-bond donors (Lipinski definition) is 1. The quantitative estimate of drug-likeness (QED) is 0.799. The van der Waals surface area contributed by atoms with Crippen LogP contribution in [0.1, 0.15) is 50.5 Å². The number of methoxy groups -OCH3 is 1. The number of hydrogen-bond acceptors (Lipinski definition) is 5. The molecule has 1 atom stereocenters. The molecular weight excluding hydrogens is 244 g/mol. The number of ether oxygens (including phenoxy) is 1. The Kier molecular flexibility index (Phi) is 5.20. The number of esters is 1. The van der Waals surface area contributed by atoms with E-state index in [2.05, 4.69) is 12.0 Å². The summed E-state index contributed by atoms with van der Waals surface area (Å²) in [6, 6.07) is 0.146. The maximum Gasteiger partial charge on any atom is 0.345 e. The third kappa shape index (κ3) is 2.83. The predicted octanol–water partition coefficient (Wildman–Crippen LogP) is 2.07. The molecule has 0 aliphatic rings. The number of carbonyl (C=O) groups excluding carboxylic acids is 1. The fourth-order valence-corrected chi connectivity index (χ4v) is 1.99. The summed E-state index contributed by atoms with van der Waals surface area (Å²) >= 11 is 0. The Morgan fingerprint density at radius 3 is 2.42 bits per heavy atom. The zero-order valence-electron chi connectivity index (χ0n) is 12.4. The van der Waals surface area contributed by atoms with Crippen molar-refractivity contribution in [3.05, 3.63) is 5.56 Å². The van der Waals surface area contributed by atoms with Crippen molar-refractivity contribution in [2.24, 2.45) is 0 Å². The van der Waals surface area contributed by atoms with Crippen LogP contribution in [-0.4, -0.2) is 35.9 Å². The first-order valence-electron chi connectivity index (χ1n) is 6.72. The first kappa shape index (κ1) is 15.3. The Bertz CT molecular complexity index is 438. The summed E-state index contributed by atoms with van der Waals surface area (Å²) in [7, 11) is 1.36. The highest BCUT2D eigenvalue weighted by Crippen LogP contribution is 2.29. The number of aromatic nitrogens is 2. The van der Waals surface area contributed by atoms with Crippen LogP contribution < -0.4 is 10.6 Å². The van der Waals surface area contributed by atoms with Gasteiger partial charge < -0.3 is 15.4 Å². The molecule has 1 aromatic rings. The maximum atomic E-state index is 11.9. The van der Waals surface area contributed by atoms with E-state index in [0.717, 1.165) is 19.5 Å². The lowest BCUT2D eigenvalue weighted by molar-refractivity contribution is 0.0602. The molecule has 0 radical (unpaired) electrons. The van der Waals surface area contributed by atoms with Crippen LogP contribution in [0.4, 0.5) is 11.6 Å². The highest BCUT2D eigenvalue weighted by Gasteiger charge is 2.26. The summed E-state index contributed by atoms with van der Waals surface area (Å²) in [6.45, 7) is 9.64. The van der Waals surface area contributed by atoms with E-state index in [1.54, 1.807) is 4.68 Å². The Hall–Kier alpha value is -1.72. The minimum atomic E-state index is -0.436. The van der Waals surface area contributed by atoms with Gasteiger partial charge in [0.05, 0.1) is 13.2 Å². The second-order valence-electron chi connectivity index (χ2n) is 4.45. The minimum absolute atomic E-state index is 0.146. The van der Waals surface area contributed by atoms with Gasteiger partial charge in [-0.15, -0.1) is 0 Å². The van der Waals surface area contributed by atoms with Crippen LogP contribution in [0.3, 0.4) is 0 Å². The van der Waals surface area contributed by atoms with E-state index in [1.807, 2.05) is 25.7 Å². The molecule has 0 bridgehead atoms. The van der Waals surface area contributed by atoms with E-state index >= 15 is 0 Å². The molecule has 0 saturated carbocycles. The van der Waals surface area contributed by atoms with Gasteiger partial charge in [-0.05, 0) is 27.2 Å². The van der Waals surface area contributed by atoms with Gasteiger partial charge in [0, 0.05) is 13.1 Å². The molecule has 0 aromatic carbocycles. The summed E-state index contributed by atoms with van der Waals surface area (Å²) in [5, 5.41) is 4.51. The van der Waals surface area contributed by atoms with Gasteiger partial charge in [0.2, 0.25) is 0 Å². The van der Waals surface area contributed by atoms with E-state index < -0.39 is 5.97 Å². The molecule has 6 nitrogen and oxygen atoms in total. The number of nitrogen functional groups attached to an aromatic ring is 1. The van der Waals surface area contributed by atoms with Gasteiger partial charge in [0.15, 0.2) is 5.82 Å². The second kappa shape index (κ2) is 6.45. The third-order valence-electron chi connectivity index (χ3n) is 3.39. The van der Waals surface area contributed by atoms with Crippen LogP contribution in [-0.2, 0) is 4.74 Å². The minimum Gasteiger partial charge on any atom is -0.465 e. The van der Waals surface area contributed by atoms with E-state index in [1.165, 1.54) is 7.11 Å². The van der Waals surface area contributed by atoms with E-state index in [4.69, 9.17) is 10.5 Å². The van der Waals surface area contributed by atoms with Gasteiger partial charge >= 0.3 is 5.97 Å². The Morgan fingerprint density at radius 2 is 2.00 bits per heavy atom. The summed E-state index contributed by atoms with van der Waals surface area (Å²) in [5.41, 5.74) is 6.44. The van der Waals surface area contributed by atoms with Crippen molar-refractivity contribution in [2.45, 2.75) is 40.2 Å². The first-order chi connectivity index (χ1) is 9.01. The average molecular weight is 268 g/mol. The van der Waals surface area contributed by atoms with Crippen LogP contribution in [0.25, 0.3) is 0 Å². The molecule has 0 aliphatic carbocycles. The SMILES string of the molecule is CCC(C)n1nc(N(CC)CC)c(C(=O)OC)c1N. The molecule has 2 N–H and O–H groups in total. The Labute approximate surface area is 114 Å². The van der Waals surface area contributed by atoms with Crippen LogP contribution in [0.2, 0.25) is 0 Å². The zero-order valence-corrected chi connectivity index (χ0v) is 12.4. The molecule has 6 heteroatoms. The van der Waals surface area contributed by atoms with Crippen molar-refractivity contribution in [1.82, 2.24) is 9.78 Å². The van der Waals surface area contributed by atoms with Crippen molar-refractivity contribution in [1.29, 1.82) is 0 Å². The molecule has 108 valence electrons. The number of anilines is 2. The van der Waals surface area contributed by atoms with Crippen molar-refractivity contribution in [2.75, 3.05) is 30.8 Å². The monoisotopic (exact) mass is 268 g/mol. The molecule has 0 fully saturated rings. The van der Waals surface area contributed by atoms with E-state index in [-0.39, 0.29) is 6.04 Å². The topological polar surface area (TPSA) is 73.4 Å². The van der Waals surface area contributed by atoms with Crippen LogP contribution in [0.5, 0.6) is 0 Å².